The first-order valence-corrected chi connectivity index (χ1v) is 5.86. The number of aromatic carboxylic acids is 1. The summed E-state index contributed by atoms with van der Waals surface area (Å²) in [4.78, 5) is 13.2. The second kappa shape index (κ2) is 5.15. The lowest BCUT2D eigenvalue weighted by molar-refractivity contribution is 0.0696. The van der Waals surface area contributed by atoms with Gasteiger partial charge in [-0.2, -0.15) is 0 Å². The fourth-order valence-electron chi connectivity index (χ4n) is 2.09. The van der Waals surface area contributed by atoms with Crippen molar-refractivity contribution >= 4 is 5.97 Å². The third-order valence-electron chi connectivity index (χ3n) is 3.14. The third kappa shape index (κ3) is 3.17. The molecule has 1 heterocycles. The summed E-state index contributed by atoms with van der Waals surface area (Å²) < 4.78 is 0. The standard InChI is InChI=1S/C14H17NO2/c1-11-5-7-15(8-6-11)10-12-3-2-4-13(9-12)14(16)17/h2-4,9H,1,5-8,10H2,(H,16,17). The van der Waals surface area contributed by atoms with Gasteiger partial charge in [0.05, 0.1) is 5.56 Å². The maximum absolute atomic E-state index is 10.9. The van der Waals surface area contributed by atoms with Gasteiger partial charge in [-0.15, -0.1) is 0 Å². The van der Waals surface area contributed by atoms with E-state index in [9.17, 15) is 4.79 Å². The maximum Gasteiger partial charge on any atom is 0.335 e. The molecule has 0 spiro atoms. The van der Waals surface area contributed by atoms with E-state index in [2.05, 4.69) is 11.5 Å². The van der Waals surface area contributed by atoms with Crippen LogP contribution in [0.4, 0.5) is 0 Å². The molecule has 90 valence electrons. The highest BCUT2D eigenvalue weighted by Gasteiger charge is 2.13. The fourth-order valence-corrected chi connectivity index (χ4v) is 2.09. The van der Waals surface area contributed by atoms with E-state index in [-0.39, 0.29) is 0 Å². The van der Waals surface area contributed by atoms with Gasteiger partial charge in [-0.25, -0.2) is 4.79 Å². The molecule has 3 heteroatoms. The molecule has 1 N–H and O–H groups in total. The molecular weight excluding hydrogens is 214 g/mol. The molecule has 1 aliphatic rings. The van der Waals surface area contributed by atoms with E-state index in [0.29, 0.717) is 5.56 Å². The Balaban J connectivity index is 2.01. The number of hydrogen-bond acceptors (Lipinski definition) is 2. The summed E-state index contributed by atoms with van der Waals surface area (Å²) in [5.41, 5.74) is 2.75. The van der Waals surface area contributed by atoms with Crippen molar-refractivity contribution in [2.45, 2.75) is 19.4 Å². The predicted molar refractivity (Wildman–Crippen MR) is 67.1 cm³/mol. The van der Waals surface area contributed by atoms with Crippen molar-refractivity contribution in [1.82, 2.24) is 4.90 Å². The van der Waals surface area contributed by atoms with E-state index in [1.165, 1.54) is 5.57 Å². The largest absolute Gasteiger partial charge is 0.478 e. The van der Waals surface area contributed by atoms with Crippen molar-refractivity contribution in [3.63, 3.8) is 0 Å². The second-order valence-electron chi connectivity index (χ2n) is 4.53. The Morgan fingerprint density at radius 3 is 2.71 bits per heavy atom. The molecule has 0 aliphatic carbocycles. The molecule has 1 saturated heterocycles. The number of benzene rings is 1. The van der Waals surface area contributed by atoms with Crippen LogP contribution in [0.3, 0.4) is 0 Å². The van der Waals surface area contributed by atoms with Gasteiger partial charge in [0, 0.05) is 19.6 Å². The van der Waals surface area contributed by atoms with Crippen molar-refractivity contribution in [3.8, 4) is 0 Å². The van der Waals surface area contributed by atoms with Crippen molar-refractivity contribution in [2.75, 3.05) is 13.1 Å². The molecule has 1 fully saturated rings. The predicted octanol–water partition coefficient (Wildman–Crippen LogP) is 2.54. The van der Waals surface area contributed by atoms with Crippen LogP contribution in [0.5, 0.6) is 0 Å². The molecule has 1 aromatic carbocycles. The lowest BCUT2D eigenvalue weighted by atomic mass is 10.0. The molecule has 0 aromatic heterocycles. The first-order valence-electron chi connectivity index (χ1n) is 5.86. The smallest absolute Gasteiger partial charge is 0.335 e. The summed E-state index contributed by atoms with van der Waals surface area (Å²) in [6.07, 6.45) is 2.11. The molecule has 17 heavy (non-hydrogen) atoms. The van der Waals surface area contributed by atoms with Gasteiger partial charge in [0.25, 0.3) is 0 Å². The highest BCUT2D eigenvalue weighted by atomic mass is 16.4. The molecule has 1 aromatic rings. The number of likely N-dealkylation sites (tertiary alicyclic amines) is 1. The number of carboxylic acids is 1. The van der Waals surface area contributed by atoms with Crippen LogP contribution in [-0.4, -0.2) is 29.1 Å². The van der Waals surface area contributed by atoms with E-state index in [1.54, 1.807) is 12.1 Å². The van der Waals surface area contributed by atoms with Crippen molar-refractivity contribution in [1.29, 1.82) is 0 Å². The van der Waals surface area contributed by atoms with Crippen LogP contribution in [0.2, 0.25) is 0 Å². The normalized spacial score (nSPS) is 17.1. The highest BCUT2D eigenvalue weighted by Crippen LogP contribution is 2.17. The summed E-state index contributed by atoms with van der Waals surface area (Å²) in [5, 5.41) is 8.92. The van der Waals surface area contributed by atoms with E-state index in [0.717, 1.165) is 38.0 Å². The third-order valence-corrected chi connectivity index (χ3v) is 3.14. The minimum absolute atomic E-state index is 0.365. The van der Waals surface area contributed by atoms with Crippen LogP contribution in [0.15, 0.2) is 36.4 Å². The molecule has 0 bridgehead atoms. The molecule has 0 amide bonds. The monoisotopic (exact) mass is 231 g/mol. The van der Waals surface area contributed by atoms with Crippen LogP contribution in [-0.2, 0) is 6.54 Å². The summed E-state index contributed by atoms with van der Waals surface area (Å²) in [5.74, 6) is -0.862. The van der Waals surface area contributed by atoms with Gasteiger partial charge in [-0.05, 0) is 30.5 Å². The molecule has 0 atom stereocenters. The summed E-state index contributed by atoms with van der Waals surface area (Å²) in [7, 11) is 0. The number of carbonyl (C=O) groups is 1. The van der Waals surface area contributed by atoms with Gasteiger partial charge in [-0.3, -0.25) is 4.90 Å². The zero-order chi connectivity index (χ0) is 12.3. The summed E-state index contributed by atoms with van der Waals surface area (Å²) in [6, 6.07) is 7.17. The van der Waals surface area contributed by atoms with E-state index >= 15 is 0 Å². The van der Waals surface area contributed by atoms with Crippen molar-refractivity contribution in [2.24, 2.45) is 0 Å². The fraction of sp³-hybridized carbons (Fsp3) is 0.357. The van der Waals surface area contributed by atoms with Gasteiger partial charge < -0.3 is 5.11 Å². The van der Waals surface area contributed by atoms with Gasteiger partial charge in [0.2, 0.25) is 0 Å². The van der Waals surface area contributed by atoms with Gasteiger partial charge >= 0.3 is 5.97 Å². The Morgan fingerprint density at radius 2 is 2.06 bits per heavy atom. The number of carboxylic acid groups (broad SMARTS) is 1. The summed E-state index contributed by atoms with van der Waals surface area (Å²) in [6.45, 7) is 6.86. The van der Waals surface area contributed by atoms with Crippen LogP contribution < -0.4 is 0 Å². The Kier molecular flexibility index (Phi) is 3.59. The van der Waals surface area contributed by atoms with E-state index in [1.807, 2.05) is 12.1 Å². The second-order valence-corrected chi connectivity index (χ2v) is 4.53. The molecule has 0 unspecified atom stereocenters. The number of rotatable bonds is 3. The number of nitrogens with zero attached hydrogens (tertiary/aromatic N) is 1. The lowest BCUT2D eigenvalue weighted by Gasteiger charge is -2.27. The first kappa shape index (κ1) is 11.9. The molecule has 0 saturated carbocycles. The average molecular weight is 231 g/mol. The Labute approximate surface area is 101 Å². The van der Waals surface area contributed by atoms with Gasteiger partial charge in [-0.1, -0.05) is 24.3 Å². The zero-order valence-electron chi connectivity index (χ0n) is 9.85. The van der Waals surface area contributed by atoms with Crippen LogP contribution in [0.25, 0.3) is 0 Å². The number of hydrogen-bond donors (Lipinski definition) is 1. The van der Waals surface area contributed by atoms with Gasteiger partial charge in [0.1, 0.15) is 0 Å². The minimum Gasteiger partial charge on any atom is -0.478 e. The average Bonchev–Trinajstić information content (AvgIpc) is 2.32. The van der Waals surface area contributed by atoms with Crippen molar-refractivity contribution < 1.29 is 9.90 Å². The SMILES string of the molecule is C=C1CCN(Cc2cccc(C(=O)O)c2)CC1. The first-order chi connectivity index (χ1) is 8.15. The van der Waals surface area contributed by atoms with Crippen LogP contribution >= 0.6 is 0 Å². The molecule has 3 nitrogen and oxygen atoms in total. The topological polar surface area (TPSA) is 40.5 Å². The highest BCUT2D eigenvalue weighted by molar-refractivity contribution is 5.87. The molecule has 0 radical (unpaired) electrons. The Bertz CT molecular complexity index is 430. The molecule has 1 aliphatic heterocycles. The Hall–Kier alpha value is -1.61. The molecule has 2 rings (SSSR count). The number of piperidine rings is 1. The quantitative estimate of drug-likeness (QED) is 0.813. The zero-order valence-corrected chi connectivity index (χ0v) is 9.85. The minimum atomic E-state index is -0.862. The van der Waals surface area contributed by atoms with E-state index < -0.39 is 5.97 Å². The van der Waals surface area contributed by atoms with Crippen LogP contribution in [0.1, 0.15) is 28.8 Å². The molecular formula is C14H17NO2. The van der Waals surface area contributed by atoms with Crippen LogP contribution in [0, 0.1) is 0 Å². The Morgan fingerprint density at radius 1 is 1.35 bits per heavy atom. The lowest BCUT2D eigenvalue weighted by Crippen LogP contribution is -2.30. The maximum atomic E-state index is 10.9. The van der Waals surface area contributed by atoms with Crippen molar-refractivity contribution in [3.05, 3.63) is 47.5 Å². The van der Waals surface area contributed by atoms with E-state index in [4.69, 9.17) is 5.11 Å². The summed E-state index contributed by atoms with van der Waals surface area (Å²) >= 11 is 0. The van der Waals surface area contributed by atoms with Gasteiger partial charge in [0.15, 0.2) is 0 Å².